The largest absolute Gasteiger partial charge is 0.354 e. The number of halogens is 1. The molecule has 0 radical (unpaired) electrons. The van der Waals surface area contributed by atoms with Crippen LogP contribution in [-0.2, 0) is 9.59 Å². The molecule has 6 nitrogen and oxygen atoms in total. The van der Waals surface area contributed by atoms with E-state index in [1.54, 1.807) is 30.9 Å². The molecule has 3 amide bonds. The maximum atomic E-state index is 13.9. The summed E-state index contributed by atoms with van der Waals surface area (Å²) in [7, 11) is 0. The summed E-state index contributed by atoms with van der Waals surface area (Å²) < 4.78 is 13.9. The molecule has 0 bridgehead atoms. The average Bonchev–Trinajstić information content (AvgIpc) is 2.70. The van der Waals surface area contributed by atoms with Crippen LogP contribution in [0.2, 0.25) is 0 Å². The number of rotatable bonds is 7. The smallest absolute Gasteiger partial charge is 0.256 e. The molecule has 1 aliphatic rings. The summed E-state index contributed by atoms with van der Waals surface area (Å²) in [5, 5.41) is 5.79. The Morgan fingerprint density at radius 3 is 2.24 bits per heavy atom. The molecule has 1 aromatic carbocycles. The third-order valence-corrected chi connectivity index (χ3v) is 5.19. The first-order valence-electron chi connectivity index (χ1n) is 10.3. The highest BCUT2D eigenvalue weighted by Crippen LogP contribution is 2.23. The maximum Gasteiger partial charge on any atom is 0.256 e. The topological polar surface area (TPSA) is 78.5 Å². The molecule has 29 heavy (non-hydrogen) atoms. The number of amides is 3. The van der Waals surface area contributed by atoms with E-state index in [9.17, 15) is 18.8 Å². The van der Waals surface area contributed by atoms with Crippen molar-refractivity contribution in [1.29, 1.82) is 0 Å². The van der Waals surface area contributed by atoms with Crippen LogP contribution in [0, 0.1) is 23.6 Å². The first-order valence-corrected chi connectivity index (χ1v) is 10.3. The summed E-state index contributed by atoms with van der Waals surface area (Å²) in [6, 6.07) is 5.32. The van der Waals surface area contributed by atoms with E-state index in [2.05, 4.69) is 10.6 Å². The third kappa shape index (κ3) is 6.27. The Morgan fingerprint density at radius 1 is 1.07 bits per heavy atom. The molecular weight excluding hydrogens is 373 g/mol. The van der Waals surface area contributed by atoms with Gasteiger partial charge in [-0.25, -0.2) is 4.39 Å². The second kappa shape index (κ2) is 10.4. The first kappa shape index (κ1) is 22.8. The van der Waals surface area contributed by atoms with Crippen LogP contribution in [0.1, 0.15) is 50.9 Å². The zero-order chi connectivity index (χ0) is 21.6. The van der Waals surface area contributed by atoms with Crippen molar-refractivity contribution in [3.05, 3.63) is 35.6 Å². The number of benzene rings is 1. The van der Waals surface area contributed by atoms with Gasteiger partial charge in [-0.1, -0.05) is 39.8 Å². The lowest BCUT2D eigenvalue weighted by Gasteiger charge is -2.36. The first-order chi connectivity index (χ1) is 13.7. The van der Waals surface area contributed by atoms with Crippen LogP contribution in [0.5, 0.6) is 0 Å². The molecule has 0 aromatic heterocycles. The van der Waals surface area contributed by atoms with E-state index in [0.717, 1.165) is 0 Å². The van der Waals surface area contributed by atoms with Crippen molar-refractivity contribution < 1.29 is 18.8 Å². The fourth-order valence-corrected chi connectivity index (χ4v) is 3.37. The lowest BCUT2D eigenvalue weighted by atomic mass is 9.88. The van der Waals surface area contributed by atoms with Gasteiger partial charge in [-0.05, 0) is 36.8 Å². The molecule has 0 aliphatic carbocycles. The second-order valence-electron chi connectivity index (χ2n) is 8.39. The molecule has 0 unspecified atom stereocenters. The van der Waals surface area contributed by atoms with Crippen molar-refractivity contribution >= 4 is 17.7 Å². The Balaban J connectivity index is 2.04. The van der Waals surface area contributed by atoms with Gasteiger partial charge in [0.25, 0.3) is 5.91 Å². The van der Waals surface area contributed by atoms with Gasteiger partial charge < -0.3 is 15.5 Å². The van der Waals surface area contributed by atoms with Crippen LogP contribution >= 0.6 is 0 Å². The normalized spacial score (nSPS) is 16.0. The summed E-state index contributed by atoms with van der Waals surface area (Å²) in [5.41, 5.74) is 0.0605. The standard InChI is InChI=1S/C22H32FN3O3/c1-14(2)13-24-21(28)19(25-20(27)15(3)4)16-9-11-26(12-10-16)22(29)17-7-5-6-8-18(17)23/h5-8,14-16,19H,9-13H2,1-4H3,(H,24,28)(H,25,27)/t19-/m1/s1. The van der Waals surface area contributed by atoms with Crippen molar-refractivity contribution in [1.82, 2.24) is 15.5 Å². The Labute approximate surface area is 172 Å². The maximum absolute atomic E-state index is 13.9. The number of nitrogens with zero attached hydrogens (tertiary/aromatic N) is 1. The van der Waals surface area contributed by atoms with Gasteiger partial charge in [-0.15, -0.1) is 0 Å². The number of hydrogen-bond acceptors (Lipinski definition) is 3. The van der Waals surface area contributed by atoms with E-state index < -0.39 is 11.9 Å². The van der Waals surface area contributed by atoms with Gasteiger partial charge in [-0.2, -0.15) is 0 Å². The fraction of sp³-hybridized carbons (Fsp3) is 0.591. The molecule has 0 saturated carbocycles. The minimum atomic E-state index is -0.630. The number of likely N-dealkylation sites (tertiary alicyclic amines) is 1. The fourth-order valence-electron chi connectivity index (χ4n) is 3.37. The van der Waals surface area contributed by atoms with Crippen LogP contribution in [0.3, 0.4) is 0 Å². The van der Waals surface area contributed by atoms with Crippen LogP contribution in [0.15, 0.2) is 24.3 Å². The molecule has 1 fully saturated rings. The zero-order valence-electron chi connectivity index (χ0n) is 17.7. The number of carbonyl (C=O) groups is 3. The summed E-state index contributed by atoms with van der Waals surface area (Å²) in [5.74, 6) is -1.22. The van der Waals surface area contributed by atoms with E-state index >= 15 is 0 Å². The highest BCUT2D eigenvalue weighted by Gasteiger charge is 2.34. The minimum absolute atomic E-state index is 0.0605. The van der Waals surface area contributed by atoms with Gasteiger partial charge in [0.2, 0.25) is 11.8 Å². The van der Waals surface area contributed by atoms with Crippen LogP contribution in [-0.4, -0.2) is 48.3 Å². The van der Waals surface area contributed by atoms with Gasteiger partial charge in [0, 0.05) is 25.6 Å². The molecule has 1 saturated heterocycles. The summed E-state index contributed by atoms with van der Waals surface area (Å²) in [6.07, 6.45) is 1.14. The molecule has 7 heteroatoms. The number of carbonyl (C=O) groups excluding carboxylic acids is 3. The summed E-state index contributed by atoms with van der Waals surface area (Å²) in [4.78, 5) is 39.2. The van der Waals surface area contributed by atoms with E-state index in [4.69, 9.17) is 0 Å². The van der Waals surface area contributed by atoms with Crippen molar-refractivity contribution in [2.24, 2.45) is 17.8 Å². The molecule has 1 aromatic rings. The van der Waals surface area contributed by atoms with E-state index in [1.807, 2.05) is 13.8 Å². The summed E-state index contributed by atoms with van der Waals surface area (Å²) in [6.45, 7) is 8.97. The Bertz CT molecular complexity index is 728. The van der Waals surface area contributed by atoms with Crippen LogP contribution < -0.4 is 10.6 Å². The lowest BCUT2D eigenvalue weighted by Crippen LogP contribution is -2.54. The van der Waals surface area contributed by atoms with E-state index in [0.29, 0.717) is 38.4 Å². The van der Waals surface area contributed by atoms with Crippen molar-refractivity contribution in [2.75, 3.05) is 19.6 Å². The molecule has 2 rings (SSSR count). The molecule has 2 N–H and O–H groups in total. The predicted octanol–water partition coefficient (Wildman–Crippen LogP) is 2.59. The van der Waals surface area contributed by atoms with Gasteiger partial charge in [0.05, 0.1) is 5.56 Å². The molecule has 1 atom stereocenters. The van der Waals surface area contributed by atoms with Gasteiger partial charge in [0.15, 0.2) is 0 Å². The summed E-state index contributed by atoms with van der Waals surface area (Å²) >= 11 is 0. The molecule has 1 aliphatic heterocycles. The van der Waals surface area contributed by atoms with E-state index in [1.165, 1.54) is 12.1 Å². The molecule has 160 valence electrons. The second-order valence-corrected chi connectivity index (χ2v) is 8.39. The number of hydrogen-bond donors (Lipinski definition) is 2. The molecule has 1 heterocycles. The van der Waals surface area contributed by atoms with Gasteiger partial charge in [-0.3, -0.25) is 14.4 Å². The Kier molecular flexibility index (Phi) is 8.17. The van der Waals surface area contributed by atoms with Gasteiger partial charge >= 0.3 is 0 Å². The molecular formula is C22H32FN3O3. The number of nitrogens with one attached hydrogen (secondary N) is 2. The minimum Gasteiger partial charge on any atom is -0.354 e. The van der Waals surface area contributed by atoms with Crippen LogP contribution in [0.25, 0.3) is 0 Å². The van der Waals surface area contributed by atoms with Crippen molar-refractivity contribution in [3.63, 3.8) is 0 Å². The monoisotopic (exact) mass is 405 g/mol. The predicted molar refractivity (Wildman–Crippen MR) is 110 cm³/mol. The molecule has 0 spiro atoms. The van der Waals surface area contributed by atoms with Crippen molar-refractivity contribution in [2.45, 2.75) is 46.6 Å². The highest BCUT2D eigenvalue weighted by atomic mass is 19.1. The highest BCUT2D eigenvalue weighted by molar-refractivity contribution is 5.94. The lowest BCUT2D eigenvalue weighted by molar-refractivity contribution is -0.132. The Hall–Kier alpha value is -2.44. The SMILES string of the molecule is CC(C)CNC(=O)[C@H](NC(=O)C(C)C)C1CCN(C(=O)c2ccccc2F)CC1. The van der Waals surface area contributed by atoms with E-state index in [-0.39, 0.29) is 35.1 Å². The quantitative estimate of drug-likeness (QED) is 0.732. The van der Waals surface area contributed by atoms with Gasteiger partial charge in [0.1, 0.15) is 11.9 Å². The third-order valence-electron chi connectivity index (χ3n) is 5.19. The Morgan fingerprint density at radius 2 is 1.69 bits per heavy atom. The number of piperidine rings is 1. The van der Waals surface area contributed by atoms with Crippen molar-refractivity contribution in [3.8, 4) is 0 Å². The average molecular weight is 406 g/mol. The van der Waals surface area contributed by atoms with Crippen LogP contribution in [0.4, 0.5) is 4.39 Å². The zero-order valence-corrected chi connectivity index (χ0v) is 17.7.